The largest absolute Gasteiger partial charge is 0.312 e. The minimum absolute atomic E-state index is 0.0153. The van der Waals surface area contributed by atoms with E-state index in [4.69, 9.17) is 0 Å². The molecule has 1 aromatic rings. The van der Waals surface area contributed by atoms with E-state index in [1.807, 2.05) is 27.7 Å². The van der Waals surface area contributed by atoms with Gasteiger partial charge in [-0.1, -0.05) is 20.8 Å². The highest BCUT2D eigenvalue weighted by Crippen LogP contribution is 2.26. The van der Waals surface area contributed by atoms with Gasteiger partial charge < -0.3 is 5.32 Å². The molecule has 1 aromatic heterocycles. The lowest BCUT2D eigenvalue weighted by atomic mass is 10.2. The second kappa shape index (κ2) is 7.38. The molecule has 0 saturated heterocycles. The van der Waals surface area contributed by atoms with Crippen LogP contribution >= 0.6 is 11.3 Å². The lowest BCUT2D eigenvalue weighted by molar-refractivity contribution is 0.530. The average Bonchev–Trinajstić information content (AvgIpc) is 2.75. The molecule has 19 heavy (non-hydrogen) atoms. The highest BCUT2D eigenvalue weighted by Gasteiger charge is 2.22. The van der Waals surface area contributed by atoms with Crippen LogP contribution in [0.4, 0.5) is 0 Å². The van der Waals surface area contributed by atoms with Gasteiger partial charge in [-0.25, -0.2) is 13.1 Å². The zero-order chi connectivity index (χ0) is 14.5. The summed E-state index contributed by atoms with van der Waals surface area (Å²) in [6.07, 6.45) is 1.62. The van der Waals surface area contributed by atoms with Crippen molar-refractivity contribution in [3.8, 4) is 0 Å². The van der Waals surface area contributed by atoms with E-state index in [0.29, 0.717) is 4.90 Å². The predicted octanol–water partition coefficient (Wildman–Crippen LogP) is 2.63. The second-order valence-electron chi connectivity index (χ2n) is 4.55. The zero-order valence-electron chi connectivity index (χ0n) is 12.1. The number of nitrogens with one attached hydrogen (secondary N) is 2. The first-order valence-corrected chi connectivity index (χ1v) is 9.06. The topological polar surface area (TPSA) is 58.2 Å². The fourth-order valence-electron chi connectivity index (χ4n) is 1.86. The van der Waals surface area contributed by atoms with E-state index in [1.54, 1.807) is 17.4 Å². The van der Waals surface area contributed by atoms with E-state index >= 15 is 0 Å². The normalized spacial score (nSPS) is 12.3. The molecule has 0 aliphatic rings. The maximum absolute atomic E-state index is 12.3. The summed E-state index contributed by atoms with van der Waals surface area (Å²) in [4.78, 5) is 2.34. The Labute approximate surface area is 120 Å². The predicted molar refractivity (Wildman–Crippen MR) is 81.1 cm³/mol. The molecule has 0 aliphatic carbocycles. The summed E-state index contributed by atoms with van der Waals surface area (Å²) in [5.74, 6) is 0. The van der Waals surface area contributed by atoms with E-state index in [-0.39, 0.29) is 6.04 Å². The quantitative estimate of drug-likeness (QED) is 0.776. The van der Waals surface area contributed by atoms with Gasteiger partial charge in [0.2, 0.25) is 10.0 Å². The van der Waals surface area contributed by atoms with Crippen molar-refractivity contribution in [3.05, 3.63) is 15.8 Å². The molecule has 0 saturated carbocycles. The molecule has 0 unspecified atom stereocenters. The van der Waals surface area contributed by atoms with Crippen LogP contribution in [-0.4, -0.2) is 21.0 Å². The minimum atomic E-state index is -3.39. The van der Waals surface area contributed by atoms with Crippen LogP contribution in [0.3, 0.4) is 0 Å². The van der Waals surface area contributed by atoms with E-state index in [1.165, 1.54) is 0 Å². The molecule has 0 atom stereocenters. The molecule has 0 spiro atoms. The molecule has 110 valence electrons. The van der Waals surface area contributed by atoms with Crippen LogP contribution in [0.15, 0.2) is 11.0 Å². The van der Waals surface area contributed by atoms with Crippen molar-refractivity contribution in [2.24, 2.45) is 0 Å². The van der Waals surface area contributed by atoms with Gasteiger partial charge in [-0.05, 0) is 32.4 Å². The van der Waals surface area contributed by atoms with Crippen molar-refractivity contribution in [1.29, 1.82) is 0 Å². The number of rotatable bonds is 8. The number of hydrogen-bond acceptors (Lipinski definition) is 4. The van der Waals surface area contributed by atoms with Crippen molar-refractivity contribution in [2.45, 2.75) is 58.0 Å². The SMILES string of the molecule is CCNCc1cc(S(=O)(=O)NC(CC)CC)c(C)s1. The highest BCUT2D eigenvalue weighted by molar-refractivity contribution is 7.89. The Morgan fingerprint density at radius 1 is 1.26 bits per heavy atom. The van der Waals surface area contributed by atoms with Crippen molar-refractivity contribution in [3.63, 3.8) is 0 Å². The molecule has 6 heteroatoms. The summed E-state index contributed by atoms with van der Waals surface area (Å²) in [5, 5.41) is 3.21. The number of thiophene rings is 1. The molecule has 0 amide bonds. The van der Waals surface area contributed by atoms with Crippen LogP contribution in [0, 0.1) is 6.92 Å². The summed E-state index contributed by atoms with van der Waals surface area (Å²) in [6, 6.07) is 1.80. The van der Waals surface area contributed by atoms with Gasteiger partial charge in [0.05, 0.1) is 4.90 Å². The maximum Gasteiger partial charge on any atom is 0.241 e. The number of hydrogen-bond donors (Lipinski definition) is 2. The van der Waals surface area contributed by atoms with E-state index in [2.05, 4.69) is 10.0 Å². The third-order valence-corrected chi connectivity index (χ3v) is 5.90. The first-order valence-electron chi connectivity index (χ1n) is 6.76. The van der Waals surface area contributed by atoms with Gasteiger partial charge >= 0.3 is 0 Å². The molecule has 4 nitrogen and oxygen atoms in total. The molecule has 0 radical (unpaired) electrons. The third kappa shape index (κ3) is 4.56. The molecule has 2 N–H and O–H groups in total. The Morgan fingerprint density at radius 2 is 1.89 bits per heavy atom. The molecule has 1 heterocycles. The molecule has 1 rings (SSSR count). The smallest absolute Gasteiger partial charge is 0.241 e. The van der Waals surface area contributed by atoms with Gasteiger partial charge in [0.15, 0.2) is 0 Å². The number of sulfonamides is 1. The van der Waals surface area contributed by atoms with Crippen LogP contribution in [0.1, 0.15) is 43.4 Å². The third-order valence-electron chi connectivity index (χ3n) is 3.07. The van der Waals surface area contributed by atoms with Crippen LogP contribution in [-0.2, 0) is 16.6 Å². The van der Waals surface area contributed by atoms with Gasteiger partial charge in [-0.15, -0.1) is 11.3 Å². The summed E-state index contributed by atoms with van der Waals surface area (Å²) < 4.78 is 27.5. The van der Waals surface area contributed by atoms with Crippen molar-refractivity contribution in [1.82, 2.24) is 10.0 Å². The summed E-state index contributed by atoms with van der Waals surface area (Å²) in [6.45, 7) is 9.49. The molecular weight excluding hydrogens is 280 g/mol. The van der Waals surface area contributed by atoms with E-state index < -0.39 is 10.0 Å². The average molecular weight is 304 g/mol. The van der Waals surface area contributed by atoms with Crippen LogP contribution in [0.2, 0.25) is 0 Å². The fraction of sp³-hybridized carbons (Fsp3) is 0.692. The van der Waals surface area contributed by atoms with Crippen molar-refractivity contribution < 1.29 is 8.42 Å². The lowest BCUT2D eigenvalue weighted by Gasteiger charge is -2.14. The van der Waals surface area contributed by atoms with Gasteiger partial charge in [-0.3, -0.25) is 0 Å². The summed E-state index contributed by atoms with van der Waals surface area (Å²) in [5.41, 5.74) is 0. The van der Waals surface area contributed by atoms with Crippen LogP contribution in [0.5, 0.6) is 0 Å². The standard InChI is InChI=1S/C13H24N2O2S2/c1-5-11(6-2)15-19(16,17)13-8-12(9-14-7-3)18-10(13)4/h8,11,14-15H,5-7,9H2,1-4H3. The van der Waals surface area contributed by atoms with E-state index in [9.17, 15) is 8.42 Å². The second-order valence-corrected chi connectivity index (χ2v) is 7.57. The Bertz CT molecular complexity index is 491. The Hall–Kier alpha value is -0.430. The summed E-state index contributed by atoms with van der Waals surface area (Å²) >= 11 is 1.54. The maximum atomic E-state index is 12.3. The molecule has 0 bridgehead atoms. The van der Waals surface area contributed by atoms with Gasteiger partial charge in [0.25, 0.3) is 0 Å². The fourth-order valence-corrected chi connectivity index (χ4v) is 4.87. The van der Waals surface area contributed by atoms with Gasteiger partial charge in [0, 0.05) is 22.3 Å². The number of aryl methyl sites for hydroxylation is 1. The summed E-state index contributed by atoms with van der Waals surface area (Å²) in [7, 11) is -3.39. The van der Waals surface area contributed by atoms with Gasteiger partial charge in [0.1, 0.15) is 0 Å². The highest BCUT2D eigenvalue weighted by atomic mass is 32.2. The Morgan fingerprint density at radius 3 is 2.42 bits per heavy atom. The minimum Gasteiger partial charge on any atom is -0.312 e. The molecule has 0 aromatic carbocycles. The van der Waals surface area contributed by atoms with Gasteiger partial charge in [-0.2, -0.15) is 0 Å². The molecule has 0 fully saturated rings. The molecule has 0 aliphatic heterocycles. The monoisotopic (exact) mass is 304 g/mol. The van der Waals surface area contributed by atoms with Crippen LogP contribution in [0.25, 0.3) is 0 Å². The molecular formula is C13H24N2O2S2. The van der Waals surface area contributed by atoms with Crippen molar-refractivity contribution >= 4 is 21.4 Å². The van der Waals surface area contributed by atoms with Crippen LogP contribution < -0.4 is 10.0 Å². The zero-order valence-corrected chi connectivity index (χ0v) is 13.7. The van der Waals surface area contributed by atoms with E-state index in [0.717, 1.165) is 35.7 Å². The Kier molecular flexibility index (Phi) is 6.46. The Balaban J connectivity index is 2.91. The first kappa shape index (κ1) is 16.6. The first-order chi connectivity index (χ1) is 8.94. The van der Waals surface area contributed by atoms with Crippen molar-refractivity contribution in [2.75, 3.05) is 6.54 Å². The lowest BCUT2D eigenvalue weighted by Crippen LogP contribution is -2.33.